The number of nitrogens with one attached hydrogen (secondary N) is 2. The van der Waals surface area contributed by atoms with Gasteiger partial charge in [-0.25, -0.2) is 0 Å². The third-order valence-corrected chi connectivity index (χ3v) is 3.41. The molecule has 2 rings (SSSR count). The average molecular weight is 333 g/mol. The molecule has 23 heavy (non-hydrogen) atoms. The van der Waals surface area contributed by atoms with Crippen molar-refractivity contribution in [1.82, 2.24) is 0 Å². The van der Waals surface area contributed by atoms with E-state index in [-0.39, 0.29) is 18.2 Å². The zero-order valence-corrected chi connectivity index (χ0v) is 13.6. The molecule has 0 unspecified atom stereocenters. The molecular weight excluding hydrogens is 316 g/mol. The SMILES string of the molecule is COc1ccc(Cl)cc1NCC(=O)Nc1ccc(C(C)=O)cc1. The van der Waals surface area contributed by atoms with Gasteiger partial charge in [0, 0.05) is 16.3 Å². The van der Waals surface area contributed by atoms with Crippen LogP contribution in [0.2, 0.25) is 5.02 Å². The molecule has 0 heterocycles. The van der Waals surface area contributed by atoms with Gasteiger partial charge in [-0.1, -0.05) is 11.6 Å². The summed E-state index contributed by atoms with van der Waals surface area (Å²) >= 11 is 5.94. The molecule has 0 saturated heterocycles. The van der Waals surface area contributed by atoms with Gasteiger partial charge in [0.05, 0.1) is 19.3 Å². The first-order valence-corrected chi connectivity index (χ1v) is 7.35. The van der Waals surface area contributed by atoms with Gasteiger partial charge in [0.15, 0.2) is 5.78 Å². The van der Waals surface area contributed by atoms with Crippen LogP contribution in [0.25, 0.3) is 0 Å². The van der Waals surface area contributed by atoms with E-state index in [0.717, 1.165) is 0 Å². The monoisotopic (exact) mass is 332 g/mol. The van der Waals surface area contributed by atoms with Gasteiger partial charge in [0.25, 0.3) is 0 Å². The molecule has 0 aliphatic rings. The van der Waals surface area contributed by atoms with Crippen LogP contribution in [0.5, 0.6) is 5.75 Å². The minimum atomic E-state index is -0.220. The van der Waals surface area contributed by atoms with Crippen LogP contribution in [0.4, 0.5) is 11.4 Å². The lowest BCUT2D eigenvalue weighted by Gasteiger charge is -2.12. The van der Waals surface area contributed by atoms with Crippen molar-refractivity contribution in [2.45, 2.75) is 6.92 Å². The minimum absolute atomic E-state index is 0.0161. The fourth-order valence-electron chi connectivity index (χ4n) is 1.99. The number of amides is 1. The number of Topliss-reactive ketones (excluding diaryl/α,β-unsaturated/α-hetero) is 1. The number of hydrogen-bond donors (Lipinski definition) is 2. The second-order valence-corrected chi connectivity index (χ2v) is 5.32. The minimum Gasteiger partial charge on any atom is -0.495 e. The van der Waals surface area contributed by atoms with Gasteiger partial charge in [-0.3, -0.25) is 9.59 Å². The molecule has 0 fully saturated rings. The van der Waals surface area contributed by atoms with Crippen LogP contribution in [0.15, 0.2) is 42.5 Å². The number of ketones is 1. The quantitative estimate of drug-likeness (QED) is 0.793. The van der Waals surface area contributed by atoms with Crippen LogP contribution in [-0.2, 0) is 4.79 Å². The molecule has 0 atom stereocenters. The Balaban J connectivity index is 1.95. The van der Waals surface area contributed by atoms with Gasteiger partial charge in [-0.15, -0.1) is 0 Å². The molecule has 0 radical (unpaired) electrons. The van der Waals surface area contributed by atoms with E-state index in [1.54, 1.807) is 49.6 Å². The van der Waals surface area contributed by atoms with Crippen LogP contribution in [0.3, 0.4) is 0 Å². The second-order valence-electron chi connectivity index (χ2n) is 4.88. The molecule has 2 aromatic rings. The predicted octanol–water partition coefficient (Wildman–Crippen LogP) is 3.60. The number of benzene rings is 2. The Labute approximate surface area is 139 Å². The molecule has 0 aliphatic carbocycles. The van der Waals surface area contributed by atoms with Crippen molar-refractivity contribution in [1.29, 1.82) is 0 Å². The third kappa shape index (κ3) is 4.72. The summed E-state index contributed by atoms with van der Waals surface area (Å²) in [5.41, 5.74) is 1.87. The lowest BCUT2D eigenvalue weighted by atomic mass is 10.1. The molecule has 6 heteroatoms. The topological polar surface area (TPSA) is 67.4 Å². The van der Waals surface area contributed by atoms with Crippen molar-refractivity contribution in [2.24, 2.45) is 0 Å². The first-order valence-electron chi connectivity index (χ1n) is 6.98. The Morgan fingerprint density at radius 3 is 2.43 bits per heavy atom. The van der Waals surface area contributed by atoms with E-state index in [9.17, 15) is 9.59 Å². The summed E-state index contributed by atoms with van der Waals surface area (Å²) in [5, 5.41) is 6.27. The Kier molecular flexibility index (Phi) is 5.60. The molecule has 0 saturated carbocycles. The number of anilines is 2. The van der Waals surface area contributed by atoms with Gasteiger partial charge in [0.2, 0.25) is 5.91 Å². The van der Waals surface area contributed by atoms with E-state index >= 15 is 0 Å². The molecule has 5 nitrogen and oxygen atoms in total. The summed E-state index contributed by atoms with van der Waals surface area (Å²) in [6.07, 6.45) is 0. The van der Waals surface area contributed by atoms with Crippen molar-refractivity contribution >= 4 is 34.7 Å². The Morgan fingerprint density at radius 2 is 1.83 bits per heavy atom. The maximum absolute atomic E-state index is 12.0. The zero-order valence-electron chi connectivity index (χ0n) is 12.9. The number of hydrogen-bond acceptors (Lipinski definition) is 4. The Hall–Kier alpha value is -2.53. The Morgan fingerprint density at radius 1 is 1.13 bits per heavy atom. The molecule has 0 aromatic heterocycles. The van der Waals surface area contributed by atoms with Crippen LogP contribution >= 0.6 is 11.6 Å². The summed E-state index contributed by atoms with van der Waals surface area (Å²) in [6, 6.07) is 11.8. The first-order chi connectivity index (χ1) is 11.0. The number of carbonyl (C=O) groups is 2. The van der Waals surface area contributed by atoms with Crippen LogP contribution in [0, 0.1) is 0 Å². The third-order valence-electron chi connectivity index (χ3n) is 3.18. The summed E-state index contributed by atoms with van der Waals surface area (Å²) in [5.74, 6) is 0.369. The zero-order chi connectivity index (χ0) is 16.8. The molecular formula is C17H17ClN2O3. The van der Waals surface area contributed by atoms with Crippen molar-refractivity contribution in [3.8, 4) is 5.75 Å². The number of methoxy groups -OCH3 is 1. The fourth-order valence-corrected chi connectivity index (χ4v) is 2.16. The number of ether oxygens (including phenoxy) is 1. The van der Waals surface area contributed by atoms with Gasteiger partial charge in [0.1, 0.15) is 5.75 Å². The van der Waals surface area contributed by atoms with E-state index in [1.165, 1.54) is 6.92 Å². The van der Waals surface area contributed by atoms with E-state index < -0.39 is 0 Å². The Bertz CT molecular complexity index is 714. The summed E-state index contributed by atoms with van der Waals surface area (Å²) in [6.45, 7) is 1.56. The fraction of sp³-hybridized carbons (Fsp3) is 0.176. The van der Waals surface area contributed by atoms with Crippen molar-refractivity contribution < 1.29 is 14.3 Å². The lowest BCUT2D eigenvalue weighted by Crippen LogP contribution is -2.22. The van der Waals surface area contributed by atoms with Crippen molar-refractivity contribution in [3.63, 3.8) is 0 Å². The highest BCUT2D eigenvalue weighted by Crippen LogP contribution is 2.27. The molecule has 120 valence electrons. The summed E-state index contributed by atoms with van der Waals surface area (Å²) in [7, 11) is 1.55. The standard InChI is InChI=1S/C17H17ClN2O3/c1-11(21)12-3-6-14(7-4-12)20-17(22)10-19-15-9-13(18)5-8-16(15)23-2/h3-9,19H,10H2,1-2H3,(H,20,22). The highest BCUT2D eigenvalue weighted by molar-refractivity contribution is 6.30. The van der Waals surface area contributed by atoms with Crippen molar-refractivity contribution in [2.75, 3.05) is 24.3 Å². The normalized spacial score (nSPS) is 10.0. The molecule has 1 amide bonds. The number of carbonyl (C=O) groups excluding carboxylic acids is 2. The predicted molar refractivity (Wildman–Crippen MR) is 91.6 cm³/mol. The molecule has 2 aromatic carbocycles. The van der Waals surface area contributed by atoms with Crippen LogP contribution in [0.1, 0.15) is 17.3 Å². The van der Waals surface area contributed by atoms with Gasteiger partial charge >= 0.3 is 0 Å². The van der Waals surface area contributed by atoms with E-state index in [1.807, 2.05) is 0 Å². The maximum atomic E-state index is 12.0. The molecule has 0 bridgehead atoms. The number of halogens is 1. The highest BCUT2D eigenvalue weighted by Gasteiger charge is 2.07. The molecule has 2 N–H and O–H groups in total. The summed E-state index contributed by atoms with van der Waals surface area (Å²) in [4.78, 5) is 23.2. The average Bonchev–Trinajstić information content (AvgIpc) is 2.53. The van der Waals surface area contributed by atoms with E-state index in [4.69, 9.17) is 16.3 Å². The van der Waals surface area contributed by atoms with Gasteiger partial charge in [-0.2, -0.15) is 0 Å². The second kappa shape index (κ2) is 7.65. The summed E-state index contributed by atoms with van der Waals surface area (Å²) < 4.78 is 5.20. The maximum Gasteiger partial charge on any atom is 0.243 e. The molecule has 0 aliphatic heterocycles. The first kappa shape index (κ1) is 16.8. The smallest absolute Gasteiger partial charge is 0.243 e. The van der Waals surface area contributed by atoms with E-state index in [0.29, 0.717) is 27.7 Å². The van der Waals surface area contributed by atoms with E-state index in [2.05, 4.69) is 10.6 Å². The number of rotatable bonds is 6. The lowest BCUT2D eigenvalue weighted by molar-refractivity contribution is -0.114. The van der Waals surface area contributed by atoms with Gasteiger partial charge in [-0.05, 0) is 49.4 Å². The highest BCUT2D eigenvalue weighted by atomic mass is 35.5. The molecule has 0 spiro atoms. The largest absolute Gasteiger partial charge is 0.495 e. The van der Waals surface area contributed by atoms with Crippen LogP contribution < -0.4 is 15.4 Å². The van der Waals surface area contributed by atoms with Gasteiger partial charge < -0.3 is 15.4 Å². The van der Waals surface area contributed by atoms with Crippen molar-refractivity contribution in [3.05, 3.63) is 53.1 Å². The van der Waals surface area contributed by atoms with Crippen LogP contribution in [-0.4, -0.2) is 25.3 Å².